The van der Waals surface area contributed by atoms with Gasteiger partial charge in [0.05, 0.1) is 18.9 Å². The molecule has 3 rings (SSSR count). The van der Waals surface area contributed by atoms with E-state index in [1.54, 1.807) is 4.88 Å². The first-order valence-electron chi connectivity index (χ1n) is 6.34. The molecule has 2 aliphatic rings. The third-order valence-corrected chi connectivity index (χ3v) is 5.74. The second kappa shape index (κ2) is 5.65. The lowest BCUT2D eigenvalue weighted by molar-refractivity contribution is 0.219. The minimum Gasteiger partial charge on any atom is -0.501 e. The molecule has 0 fully saturated rings. The molecule has 0 saturated carbocycles. The Morgan fingerprint density at radius 2 is 2.33 bits per heavy atom. The van der Waals surface area contributed by atoms with Crippen molar-refractivity contribution in [2.45, 2.75) is 31.1 Å². The van der Waals surface area contributed by atoms with Crippen LogP contribution in [0.25, 0.3) is 0 Å². The lowest BCUT2D eigenvalue weighted by Gasteiger charge is -2.21. The third-order valence-electron chi connectivity index (χ3n) is 3.43. The highest BCUT2D eigenvalue weighted by Crippen LogP contribution is 2.37. The van der Waals surface area contributed by atoms with Crippen molar-refractivity contribution >= 4 is 23.1 Å². The number of fused-ring (bicyclic) bond motifs is 1. The van der Waals surface area contributed by atoms with E-state index in [9.17, 15) is 0 Å². The van der Waals surface area contributed by atoms with E-state index < -0.39 is 0 Å². The molecule has 0 saturated heterocycles. The van der Waals surface area contributed by atoms with Gasteiger partial charge in [-0.05, 0) is 42.2 Å². The highest BCUT2D eigenvalue weighted by Gasteiger charge is 2.22. The number of hydrogen-bond acceptors (Lipinski definition) is 5. The predicted octanol–water partition coefficient (Wildman–Crippen LogP) is 2.74. The van der Waals surface area contributed by atoms with Crippen molar-refractivity contribution in [2.75, 3.05) is 12.4 Å². The highest BCUT2D eigenvalue weighted by atomic mass is 32.2. The standard InChI is InChI=1S/C13H18N2OS2/c14-15-13(9-2-1-4-16-7-9)12-6-10-8-17-5-3-11(10)18-12/h6-7,13,15H,1-5,8,14H2. The highest BCUT2D eigenvalue weighted by molar-refractivity contribution is 7.98. The fourth-order valence-corrected chi connectivity index (χ4v) is 4.96. The molecule has 0 radical (unpaired) electrons. The van der Waals surface area contributed by atoms with Crippen molar-refractivity contribution in [1.29, 1.82) is 0 Å². The molecule has 0 aromatic carbocycles. The topological polar surface area (TPSA) is 47.3 Å². The van der Waals surface area contributed by atoms with Crippen LogP contribution in [-0.2, 0) is 16.9 Å². The fourth-order valence-electron chi connectivity index (χ4n) is 2.48. The van der Waals surface area contributed by atoms with Crippen LogP contribution in [0.4, 0.5) is 0 Å². The second-order valence-corrected chi connectivity index (χ2v) is 6.94. The predicted molar refractivity (Wildman–Crippen MR) is 77.5 cm³/mol. The van der Waals surface area contributed by atoms with Gasteiger partial charge in [0, 0.05) is 15.5 Å². The Labute approximate surface area is 116 Å². The van der Waals surface area contributed by atoms with E-state index >= 15 is 0 Å². The number of thioether (sulfide) groups is 1. The zero-order valence-electron chi connectivity index (χ0n) is 10.3. The lowest BCUT2D eigenvalue weighted by atomic mass is 10.0. The Balaban J connectivity index is 1.86. The minimum atomic E-state index is 0.130. The summed E-state index contributed by atoms with van der Waals surface area (Å²) in [7, 11) is 0. The Hall–Kier alpha value is -0.490. The van der Waals surface area contributed by atoms with Crippen molar-refractivity contribution in [2.24, 2.45) is 5.84 Å². The van der Waals surface area contributed by atoms with Crippen molar-refractivity contribution < 1.29 is 4.74 Å². The molecule has 18 heavy (non-hydrogen) atoms. The molecule has 5 heteroatoms. The van der Waals surface area contributed by atoms with Gasteiger partial charge in [-0.25, -0.2) is 5.43 Å². The van der Waals surface area contributed by atoms with Crippen molar-refractivity contribution in [3.05, 3.63) is 33.2 Å². The number of thiophene rings is 1. The molecule has 0 aliphatic carbocycles. The van der Waals surface area contributed by atoms with Gasteiger partial charge in [-0.15, -0.1) is 11.3 Å². The second-order valence-electron chi connectivity index (χ2n) is 4.67. The number of hydrogen-bond donors (Lipinski definition) is 2. The van der Waals surface area contributed by atoms with Crippen molar-refractivity contribution in [1.82, 2.24) is 5.43 Å². The average Bonchev–Trinajstić information content (AvgIpc) is 2.84. The third kappa shape index (κ3) is 2.45. The maximum atomic E-state index is 5.75. The molecule has 0 amide bonds. The summed E-state index contributed by atoms with van der Waals surface area (Å²) in [5.74, 6) is 8.15. The molecule has 0 bridgehead atoms. The zero-order chi connectivity index (χ0) is 12.4. The molecule has 2 aliphatic heterocycles. The largest absolute Gasteiger partial charge is 0.501 e. The summed E-state index contributed by atoms with van der Waals surface area (Å²) < 4.78 is 5.43. The zero-order valence-corrected chi connectivity index (χ0v) is 11.9. The molecule has 1 unspecified atom stereocenters. The van der Waals surface area contributed by atoms with Crippen LogP contribution in [0.1, 0.15) is 34.2 Å². The molecule has 1 aromatic rings. The van der Waals surface area contributed by atoms with Gasteiger partial charge in [0.25, 0.3) is 0 Å². The number of hydrazine groups is 1. The van der Waals surface area contributed by atoms with Crippen LogP contribution in [0.15, 0.2) is 17.9 Å². The molecule has 3 heterocycles. The van der Waals surface area contributed by atoms with Gasteiger partial charge in [0.15, 0.2) is 0 Å². The summed E-state index contributed by atoms with van der Waals surface area (Å²) in [5, 5.41) is 0. The lowest BCUT2D eigenvalue weighted by Crippen LogP contribution is -2.29. The quantitative estimate of drug-likeness (QED) is 0.661. The van der Waals surface area contributed by atoms with E-state index in [1.165, 1.54) is 28.2 Å². The molecule has 0 spiro atoms. The number of aryl methyl sites for hydroxylation is 1. The monoisotopic (exact) mass is 282 g/mol. The van der Waals surface area contributed by atoms with Gasteiger partial charge in [-0.1, -0.05) is 0 Å². The van der Waals surface area contributed by atoms with E-state index in [0.29, 0.717) is 0 Å². The fraction of sp³-hybridized carbons (Fsp3) is 0.538. The van der Waals surface area contributed by atoms with Crippen molar-refractivity contribution in [3.63, 3.8) is 0 Å². The average molecular weight is 282 g/mol. The Morgan fingerprint density at radius 1 is 1.39 bits per heavy atom. The summed E-state index contributed by atoms with van der Waals surface area (Å²) in [6.07, 6.45) is 5.26. The minimum absolute atomic E-state index is 0.130. The van der Waals surface area contributed by atoms with Gasteiger partial charge < -0.3 is 4.74 Å². The molecular formula is C13H18N2OS2. The van der Waals surface area contributed by atoms with E-state index in [-0.39, 0.29) is 6.04 Å². The number of ether oxygens (including phenoxy) is 1. The van der Waals surface area contributed by atoms with E-state index in [4.69, 9.17) is 10.6 Å². The SMILES string of the molecule is NNC(C1=COCCC1)c1cc2c(s1)CCSC2. The van der Waals surface area contributed by atoms with Crippen LogP contribution in [0, 0.1) is 0 Å². The van der Waals surface area contributed by atoms with E-state index in [0.717, 1.165) is 25.2 Å². The normalized spacial score (nSPS) is 20.8. The Kier molecular flexibility index (Phi) is 3.94. The molecule has 1 atom stereocenters. The first-order valence-corrected chi connectivity index (χ1v) is 8.31. The summed E-state index contributed by atoms with van der Waals surface area (Å²) in [5.41, 5.74) is 5.73. The van der Waals surface area contributed by atoms with Crippen LogP contribution in [0.3, 0.4) is 0 Å². The van der Waals surface area contributed by atoms with Gasteiger partial charge >= 0.3 is 0 Å². The summed E-state index contributed by atoms with van der Waals surface area (Å²) in [4.78, 5) is 2.88. The van der Waals surface area contributed by atoms with Crippen LogP contribution in [-0.4, -0.2) is 12.4 Å². The summed E-state index contributed by atoms with van der Waals surface area (Å²) in [6.45, 7) is 0.832. The number of nitrogens with two attached hydrogens (primary N) is 1. The smallest absolute Gasteiger partial charge is 0.0876 e. The van der Waals surface area contributed by atoms with Crippen LogP contribution in [0.2, 0.25) is 0 Å². The first kappa shape index (κ1) is 12.5. The van der Waals surface area contributed by atoms with Crippen LogP contribution in [0.5, 0.6) is 0 Å². The molecule has 1 aromatic heterocycles. The maximum absolute atomic E-state index is 5.75. The summed E-state index contributed by atoms with van der Waals surface area (Å²) >= 11 is 3.93. The van der Waals surface area contributed by atoms with Gasteiger partial charge in [-0.3, -0.25) is 5.84 Å². The number of nitrogens with one attached hydrogen (secondary N) is 1. The Morgan fingerprint density at radius 3 is 3.06 bits per heavy atom. The van der Waals surface area contributed by atoms with Gasteiger partial charge in [-0.2, -0.15) is 11.8 Å². The van der Waals surface area contributed by atoms with E-state index in [1.807, 2.05) is 29.4 Å². The molecule has 3 nitrogen and oxygen atoms in total. The van der Waals surface area contributed by atoms with Gasteiger partial charge in [0.1, 0.15) is 0 Å². The first-order chi connectivity index (χ1) is 8.88. The molecule has 3 N–H and O–H groups in total. The maximum Gasteiger partial charge on any atom is 0.0876 e. The molecular weight excluding hydrogens is 264 g/mol. The van der Waals surface area contributed by atoms with Crippen LogP contribution >= 0.6 is 23.1 Å². The van der Waals surface area contributed by atoms with Crippen molar-refractivity contribution in [3.8, 4) is 0 Å². The number of rotatable bonds is 3. The van der Waals surface area contributed by atoms with Gasteiger partial charge in [0.2, 0.25) is 0 Å². The summed E-state index contributed by atoms with van der Waals surface area (Å²) in [6, 6.07) is 2.46. The molecule has 98 valence electrons. The van der Waals surface area contributed by atoms with E-state index in [2.05, 4.69) is 11.5 Å². The van der Waals surface area contributed by atoms with Crippen LogP contribution < -0.4 is 11.3 Å². The Bertz CT molecular complexity index is 432.